The van der Waals surface area contributed by atoms with E-state index in [4.69, 9.17) is 9.47 Å². The standard InChI is InChI=1S/C27H23N3O5/c1-2-34-26-15-19(17-28-29-27(31)21-9-6-11-23(16-21)30(32)33)13-14-25(26)35-18-22-10-5-8-20-7-3-4-12-24(20)22/h3-17H,2,18H2,1H3,(H,29,31)/b28-17-. The monoisotopic (exact) mass is 469 g/mol. The minimum absolute atomic E-state index is 0.142. The molecular formula is C27H23N3O5. The van der Waals surface area contributed by atoms with Gasteiger partial charge in [0.2, 0.25) is 0 Å². The van der Waals surface area contributed by atoms with Crippen molar-refractivity contribution in [3.8, 4) is 11.5 Å². The number of carbonyl (C=O) groups is 1. The quantitative estimate of drug-likeness (QED) is 0.198. The summed E-state index contributed by atoms with van der Waals surface area (Å²) in [6.45, 7) is 2.72. The van der Waals surface area contributed by atoms with Crippen LogP contribution in [0.4, 0.5) is 5.69 Å². The van der Waals surface area contributed by atoms with Gasteiger partial charge in [-0.3, -0.25) is 14.9 Å². The molecule has 0 bridgehead atoms. The van der Waals surface area contributed by atoms with E-state index < -0.39 is 10.8 Å². The molecule has 4 rings (SSSR count). The molecule has 0 atom stereocenters. The minimum atomic E-state index is -0.556. The van der Waals surface area contributed by atoms with Gasteiger partial charge in [-0.15, -0.1) is 0 Å². The Hall–Kier alpha value is -4.72. The number of carbonyl (C=O) groups excluding carboxylic acids is 1. The van der Waals surface area contributed by atoms with Crippen LogP contribution in [0.2, 0.25) is 0 Å². The molecule has 0 heterocycles. The number of hydrogen-bond acceptors (Lipinski definition) is 6. The summed E-state index contributed by atoms with van der Waals surface area (Å²) < 4.78 is 11.8. The Balaban J connectivity index is 1.45. The normalized spacial score (nSPS) is 10.9. The van der Waals surface area contributed by atoms with Crippen LogP contribution in [-0.2, 0) is 6.61 Å². The predicted octanol–water partition coefficient (Wildman–Crippen LogP) is 5.49. The van der Waals surface area contributed by atoms with Gasteiger partial charge in [0.05, 0.1) is 17.7 Å². The van der Waals surface area contributed by atoms with Crippen LogP contribution < -0.4 is 14.9 Å². The second kappa shape index (κ2) is 10.9. The number of nitro benzene ring substituents is 1. The van der Waals surface area contributed by atoms with E-state index in [1.165, 1.54) is 30.5 Å². The molecule has 4 aromatic rings. The van der Waals surface area contributed by atoms with Crippen molar-refractivity contribution in [2.24, 2.45) is 5.10 Å². The predicted molar refractivity (Wildman–Crippen MR) is 134 cm³/mol. The first kappa shape index (κ1) is 23.4. The highest BCUT2D eigenvalue weighted by Gasteiger charge is 2.11. The van der Waals surface area contributed by atoms with Crippen LogP contribution in [0, 0.1) is 10.1 Å². The fourth-order valence-corrected chi connectivity index (χ4v) is 3.56. The number of amides is 1. The van der Waals surface area contributed by atoms with Gasteiger partial charge in [-0.25, -0.2) is 5.43 Å². The maximum atomic E-state index is 12.3. The number of nitrogens with zero attached hydrogens (tertiary/aromatic N) is 2. The van der Waals surface area contributed by atoms with Crippen LogP contribution in [0.5, 0.6) is 11.5 Å². The van der Waals surface area contributed by atoms with Gasteiger partial charge in [0.15, 0.2) is 11.5 Å². The maximum Gasteiger partial charge on any atom is 0.271 e. The van der Waals surface area contributed by atoms with Crippen LogP contribution in [0.25, 0.3) is 10.8 Å². The van der Waals surface area contributed by atoms with Gasteiger partial charge in [0.25, 0.3) is 11.6 Å². The lowest BCUT2D eigenvalue weighted by Gasteiger charge is -2.13. The van der Waals surface area contributed by atoms with Crippen molar-refractivity contribution in [2.75, 3.05) is 6.61 Å². The minimum Gasteiger partial charge on any atom is -0.490 e. The van der Waals surface area contributed by atoms with Gasteiger partial charge in [-0.2, -0.15) is 5.10 Å². The van der Waals surface area contributed by atoms with Crippen LogP contribution in [0.1, 0.15) is 28.4 Å². The van der Waals surface area contributed by atoms with Crippen molar-refractivity contribution < 1.29 is 19.2 Å². The molecule has 8 nitrogen and oxygen atoms in total. The lowest BCUT2D eigenvalue weighted by atomic mass is 10.1. The number of hydrazone groups is 1. The molecule has 0 aliphatic rings. The number of rotatable bonds is 9. The van der Waals surface area contributed by atoms with E-state index >= 15 is 0 Å². The van der Waals surface area contributed by atoms with Gasteiger partial charge in [-0.05, 0) is 53.1 Å². The van der Waals surface area contributed by atoms with Gasteiger partial charge in [0.1, 0.15) is 6.61 Å². The summed E-state index contributed by atoms with van der Waals surface area (Å²) >= 11 is 0. The SMILES string of the molecule is CCOc1cc(/C=N\NC(=O)c2cccc([N+](=O)[O-])c2)ccc1OCc1cccc2ccccc12. The number of benzene rings is 4. The number of nitrogens with one attached hydrogen (secondary N) is 1. The van der Waals surface area contributed by atoms with Crippen molar-refractivity contribution in [1.29, 1.82) is 0 Å². The van der Waals surface area contributed by atoms with Gasteiger partial charge in [0, 0.05) is 17.7 Å². The van der Waals surface area contributed by atoms with Crippen LogP contribution in [0.15, 0.2) is 90.0 Å². The third-order valence-electron chi connectivity index (χ3n) is 5.23. The van der Waals surface area contributed by atoms with Crippen molar-refractivity contribution in [3.63, 3.8) is 0 Å². The van der Waals surface area contributed by atoms with E-state index in [-0.39, 0.29) is 11.3 Å². The molecular weight excluding hydrogens is 446 g/mol. The number of hydrogen-bond donors (Lipinski definition) is 1. The lowest BCUT2D eigenvalue weighted by molar-refractivity contribution is -0.384. The molecule has 0 aromatic heterocycles. The highest BCUT2D eigenvalue weighted by atomic mass is 16.6. The summed E-state index contributed by atoms with van der Waals surface area (Å²) in [5, 5.41) is 17.1. The molecule has 0 aliphatic carbocycles. The Labute approximate surface area is 202 Å². The summed E-state index contributed by atoms with van der Waals surface area (Å²) in [4.78, 5) is 22.6. The van der Waals surface area contributed by atoms with E-state index in [0.29, 0.717) is 30.3 Å². The summed E-state index contributed by atoms with van der Waals surface area (Å²) in [6.07, 6.45) is 1.46. The molecule has 0 fully saturated rings. The molecule has 0 saturated carbocycles. The lowest BCUT2D eigenvalue weighted by Crippen LogP contribution is -2.17. The van der Waals surface area contributed by atoms with E-state index in [1.807, 2.05) is 31.2 Å². The average molecular weight is 469 g/mol. The van der Waals surface area contributed by atoms with Crippen LogP contribution in [0.3, 0.4) is 0 Å². The second-order valence-corrected chi connectivity index (χ2v) is 7.57. The Kier molecular flexibility index (Phi) is 7.32. The molecule has 0 saturated heterocycles. The number of nitro groups is 1. The highest BCUT2D eigenvalue weighted by Crippen LogP contribution is 2.30. The van der Waals surface area contributed by atoms with E-state index in [0.717, 1.165) is 16.3 Å². The zero-order valence-electron chi connectivity index (χ0n) is 19.0. The topological polar surface area (TPSA) is 103 Å². The van der Waals surface area contributed by atoms with Crippen molar-refractivity contribution in [1.82, 2.24) is 5.43 Å². The number of non-ortho nitro benzene ring substituents is 1. The fraction of sp³-hybridized carbons (Fsp3) is 0.111. The van der Waals surface area contributed by atoms with Crippen molar-refractivity contribution in [3.05, 3.63) is 112 Å². The number of ether oxygens (including phenoxy) is 2. The molecule has 8 heteroatoms. The molecule has 1 amide bonds. The zero-order valence-corrected chi connectivity index (χ0v) is 19.0. The molecule has 35 heavy (non-hydrogen) atoms. The Morgan fingerprint density at radius 2 is 1.77 bits per heavy atom. The smallest absolute Gasteiger partial charge is 0.271 e. The molecule has 1 N–H and O–H groups in total. The molecule has 0 aliphatic heterocycles. The first-order valence-corrected chi connectivity index (χ1v) is 11.0. The highest BCUT2D eigenvalue weighted by molar-refractivity contribution is 5.95. The van der Waals surface area contributed by atoms with E-state index in [1.54, 1.807) is 18.2 Å². The first-order valence-electron chi connectivity index (χ1n) is 11.0. The van der Waals surface area contributed by atoms with Crippen LogP contribution in [-0.4, -0.2) is 23.7 Å². The van der Waals surface area contributed by atoms with Gasteiger partial charge < -0.3 is 9.47 Å². The summed E-state index contributed by atoms with van der Waals surface area (Å²) in [5.41, 5.74) is 4.11. The van der Waals surface area contributed by atoms with Gasteiger partial charge >= 0.3 is 0 Å². The molecule has 0 unspecified atom stereocenters. The maximum absolute atomic E-state index is 12.3. The largest absolute Gasteiger partial charge is 0.490 e. The van der Waals surface area contributed by atoms with E-state index in [2.05, 4.69) is 28.7 Å². The van der Waals surface area contributed by atoms with E-state index in [9.17, 15) is 14.9 Å². The fourth-order valence-electron chi connectivity index (χ4n) is 3.56. The number of fused-ring (bicyclic) bond motifs is 1. The first-order chi connectivity index (χ1) is 17.0. The third kappa shape index (κ3) is 5.80. The summed E-state index contributed by atoms with van der Waals surface area (Å²) in [6, 6.07) is 25.0. The molecule has 4 aromatic carbocycles. The molecule has 0 spiro atoms. The average Bonchev–Trinajstić information content (AvgIpc) is 2.88. The summed E-state index contributed by atoms with van der Waals surface area (Å²) in [7, 11) is 0. The van der Waals surface area contributed by atoms with Gasteiger partial charge in [-0.1, -0.05) is 48.5 Å². The third-order valence-corrected chi connectivity index (χ3v) is 5.23. The zero-order chi connectivity index (χ0) is 24.6. The van der Waals surface area contributed by atoms with Crippen LogP contribution >= 0.6 is 0 Å². The van der Waals surface area contributed by atoms with Crippen molar-refractivity contribution >= 4 is 28.6 Å². The Morgan fingerprint density at radius 1 is 0.971 bits per heavy atom. The second-order valence-electron chi connectivity index (χ2n) is 7.57. The molecule has 0 radical (unpaired) electrons. The molecule has 176 valence electrons. The Morgan fingerprint density at radius 3 is 2.60 bits per heavy atom. The summed E-state index contributed by atoms with van der Waals surface area (Å²) in [5.74, 6) is 0.601. The van der Waals surface area contributed by atoms with Crippen molar-refractivity contribution in [2.45, 2.75) is 13.5 Å². The Bertz CT molecular complexity index is 1400.